The number of nitrogens with zero attached hydrogens (tertiary/aromatic N) is 3. The van der Waals surface area contributed by atoms with Gasteiger partial charge in [-0.3, -0.25) is 4.68 Å². The molecule has 1 aromatic carbocycles. The van der Waals surface area contributed by atoms with E-state index in [1.54, 1.807) is 4.68 Å². The molecule has 2 rings (SSSR count). The second-order valence-electron chi connectivity index (χ2n) is 4.31. The van der Waals surface area contributed by atoms with Crippen LogP contribution < -0.4 is 5.32 Å². The topological polar surface area (TPSA) is 53.6 Å². The molecular weight excluding hydrogens is 224 g/mol. The van der Waals surface area contributed by atoms with Gasteiger partial charge in [-0.05, 0) is 30.5 Å². The first-order valence-corrected chi connectivity index (χ1v) is 5.92. The average molecular weight is 240 g/mol. The third-order valence-electron chi connectivity index (χ3n) is 2.87. The van der Waals surface area contributed by atoms with Crippen LogP contribution in [-0.2, 0) is 13.5 Å². The Labute approximate surface area is 107 Å². The highest BCUT2D eigenvalue weighted by molar-refractivity contribution is 5.62. The van der Waals surface area contributed by atoms with Crippen LogP contribution in [0.5, 0.6) is 0 Å². The van der Waals surface area contributed by atoms with Crippen LogP contribution in [0.15, 0.2) is 30.6 Å². The van der Waals surface area contributed by atoms with Gasteiger partial charge in [-0.1, -0.05) is 12.1 Å². The first-order chi connectivity index (χ1) is 8.70. The highest BCUT2D eigenvalue weighted by atomic mass is 15.2. The lowest BCUT2D eigenvalue weighted by molar-refractivity contribution is 0.767. The van der Waals surface area contributed by atoms with Crippen molar-refractivity contribution in [3.05, 3.63) is 47.3 Å². The third-order valence-corrected chi connectivity index (χ3v) is 2.87. The molecule has 0 unspecified atom stereocenters. The van der Waals surface area contributed by atoms with Crippen molar-refractivity contribution in [1.82, 2.24) is 9.78 Å². The van der Waals surface area contributed by atoms with Crippen LogP contribution in [0.25, 0.3) is 0 Å². The molecule has 4 heteroatoms. The normalized spacial score (nSPS) is 10.1. The molecule has 1 heterocycles. The zero-order chi connectivity index (χ0) is 13.0. The smallest absolute Gasteiger partial charge is 0.101 e. The van der Waals surface area contributed by atoms with Crippen LogP contribution in [0.2, 0.25) is 0 Å². The summed E-state index contributed by atoms with van der Waals surface area (Å²) in [7, 11) is 1.91. The molecule has 4 nitrogen and oxygen atoms in total. The minimum Gasteiger partial charge on any atom is -0.383 e. The fourth-order valence-corrected chi connectivity index (χ4v) is 1.93. The zero-order valence-electron chi connectivity index (χ0n) is 10.6. The van der Waals surface area contributed by atoms with Crippen molar-refractivity contribution < 1.29 is 0 Å². The molecule has 18 heavy (non-hydrogen) atoms. The Morgan fingerprint density at radius 3 is 2.94 bits per heavy atom. The van der Waals surface area contributed by atoms with Crippen LogP contribution in [0, 0.1) is 18.3 Å². The van der Waals surface area contributed by atoms with E-state index in [0.29, 0.717) is 5.56 Å². The molecule has 0 aliphatic heterocycles. The number of aromatic nitrogens is 2. The van der Waals surface area contributed by atoms with Gasteiger partial charge < -0.3 is 5.32 Å². The van der Waals surface area contributed by atoms with E-state index in [1.165, 1.54) is 5.56 Å². The van der Waals surface area contributed by atoms with Crippen molar-refractivity contribution >= 4 is 5.69 Å². The predicted octanol–water partition coefficient (Wildman–Crippen LogP) is 2.25. The molecular formula is C14H16N4. The second-order valence-corrected chi connectivity index (χ2v) is 4.31. The summed E-state index contributed by atoms with van der Waals surface area (Å²) in [5, 5.41) is 16.5. The van der Waals surface area contributed by atoms with Gasteiger partial charge in [0.15, 0.2) is 0 Å². The minimum absolute atomic E-state index is 0.696. The molecule has 92 valence electrons. The van der Waals surface area contributed by atoms with Crippen molar-refractivity contribution in [3.63, 3.8) is 0 Å². The molecule has 0 spiro atoms. The van der Waals surface area contributed by atoms with Crippen LogP contribution in [0.4, 0.5) is 5.69 Å². The third kappa shape index (κ3) is 2.69. The Hall–Kier alpha value is -2.28. The molecule has 0 saturated heterocycles. The fraction of sp³-hybridized carbons (Fsp3) is 0.286. The molecule has 0 bridgehead atoms. The summed E-state index contributed by atoms with van der Waals surface area (Å²) in [5.74, 6) is 0. The van der Waals surface area contributed by atoms with Gasteiger partial charge >= 0.3 is 0 Å². The van der Waals surface area contributed by atoms with E-state index in [-0.39, 0.29) is 0 Å². The Morgan fingerprint density at radius 2 is 2.28 bits per heavy atom. The van der Waals surface area contributed by atoms with Crippen molar-refractivity contribution in [1.29, 1.82) is 5.26 Å². The Balaban J connectivity index is 2.00. The maximum absolute atomic E-state index is 9.06. The number of anilines is 1. The van der Waals surface area contributed by atoms with Crippen molar-refractivity contribution in [3.8, 4) is 6.07 Å². The summed E-state index contributed by atoms with van der Waals surface area (Å²) in [6, 6.07) is 7.95. The van der Waals surface area contributed by atoms with Gasteiger partial charge in [-0.25, -0.2) is 0 Å². The van der Waals surface area contributed by atoms with Crippen LogP contribution in [-0.4, -0.2) is 16.3 Å². The maximum atomic E-state index is 9.06. The summed E-state index contributed by atoms with van der Waals surface area (Å²) in [6.45, 7) is 2.80. The van der Waals surface area contributed by atoms with E-state index < -0.39 is 0 Å². The van der Waals surface area contributed by atoms with Crippen molar-refractivity contribution in [2.45, 2.75) is 13.3 Å². The first kappa shape index (κ1) is 12.2. The summed E-state index contributed by atoms with van der Waals surface area (Å²) in [4.78, 5) is 0. The zero-order valence-corrected chi connectivity index (χ0v) is 10.6. The Bertz CT molecular complexity index is 578. The summed E-state index contributed by atoms with van der Waals surface area (Å²) < 4.78 is 1.80. The first-order valence-electron chi connectivity index (χ1n) is 5.92. The summed E-state index contributed by atoms with van der Waals surface area (Å²) >= 11 is 0. The monoisotopic (exact) mass is 240 g/mol. The SMILES string of the molecule is Cc1cccc(C#N)c1NCCc1cnn(C)c1. The molecule has 0 saturated carbocycles. The van der Waals surface area contributed by atoms with Crippen LogP contribution in [0.1, 0.15) is 16.7 Å². The van der Waals surface area contributed by atoms with E-state index >= 15 is 0 Å². The largest absolute Gasteiger partial charge is 0.383 e. The number of para-hydroxylation sites is 1. The average Bonchev–Trinajstić information content (AvgIpc) is 2.77. The van der Waals surface area contributed by atoms with Gasteiger partial charge in [0.2, 0.25) is 0 Å². The van der Waals surface area contributed by atoms with E-state index in [0.717, 1.165) is 24.2 Å². The summed E-state index contributed by atoms with van der Waals surface area (Å²) in [5.41, 5.74) is 3.92. The molecule has 2 aromatic rings. The van der Waals surface area contributed by atoms with Gasteiger partial charge in [0, 0.05) is 19.8 Å². The quantitative estimate of drug-likeness (QED) is 0.891. The second kappa shape index (κ2) is 5.37. The highest BCUT2D eigenvalue weighted by Gasteiger charge is 2.04. The molecule has 0 amide bonds. The minimum atomic E-state index is 0.696. The Morgan fingerprint density at radius 1 is 1.44 bits per heavy atom. The van der Waals surface area contributed by atoms with E-state index in [1.807, 2.05) is 44.6 Å². The fourth-order valence-electron chi connectivity index (χ4n) is 1.93. The van der Waals surface area contributed by atoms with Gasteiger partial charge in [-0.2, -0.15) is 10.4 Å². The summed E-state index contributed by atoms with van der Waals surface area (Å²) in [6.07, 6.45) is 4.77. The van der Waals surface area contributed by atoms with Gasteiger partial charge in [-0.15, -0.1) is 0 Å². The molecule has 0 radical (unpaired) electrons. The highest BCUT2D eigenvalue weighted by Crippen LogP contribution is 2.19. The number of aryl methyl sites for hydroxylation is 2. The maximum Gasteiger partial charge on any atom is 0.101 e. The molecule has 0 atom stereocenters. The van der Waals surface area contributed by atoms with E-state index in [9.17, 15) is 0 Å². The molecule has 0 aliphatic carbocycles. The lowest BCUT2D eigenvalue weighted by Crippen LogP contribution is -2.07. The number of hydrogen-bond donors (Lipinski definition) is 1. The van der Waals surface area contributed by atoms with Crippen LogP contribution in [0.3, 0.4) is 0 Å². The number of benzene rings is 1. The van der Waals surface area contributed by atoms with E-state index in [2.05, 4.69) is 16.5 Å². The van der Waals surface area contributed by atoms with Crippen molar-refractivity contribution in [2.75, 3.05) is 11.9 Å². The van der Waals surface area contributed by atoms with Gasteiger partial charge in [0.25, 0.3) is 0 Å². The Kier molecular flexibility index (Phi) is 3.63. The molecule has 1 aromatic heterocycles. The standard InChI is InChI=1S/C14H16N4/c1-11-4-3-5-13(8-15)14(11)16-7-6-12-9-17-18(2)10-12/h3-5,9-10,16H,6-7H2,1-2H3. The number of rotatable bonds is 4. The number of nitrogens with one attached hydrogen (secondary N) is 1. The lowest BCUT2D eigenvalue weighted by Gasteiger charge is -2.10. The van der Waals surface area contributed by atoms with Gasteiger partial charge in [0.1, 0.15) is 6.07 Å². The molecule has 1 N–H and O–H groups in total. The predicted molar refractivity (Wildman–Crippen MR) is 71.3 cm³/mol. The number of hydrogen-bond acceptors (Lipinski definition) is 3. The number of nitriles is 1. The molecule has 0 aliphatic rings. The van der Waals surface area contributed by atoms with Crippen molar-refractivity contribution in [2.24, 2.45) is 7.05 Å². The van der Waals surface area contributed by atoms with Gasteiger partial charge in [0.05, 0.1) is 17.4 Å². The van der Waals surface area contributed by atoms with E-state index in [4.69, 9.17) is 5.26 Å². The molecule has 0 fully saturated rings. The van der Waals surface area contributed by atoms with Crippen LogP contribution >= 0.6 is 0 Å². The lowest BCUT2D eigenvalue weighted by atomic mass is 10.1.